The van der Waals surface area contributed by atoms with Crippen LogP contribution in [0.3, 0.4) is 0 Å². The van der Waals surface area contributed by atoms with E-state index in [1.54, 1.807) is 24.3 Å². The number of rotatable bonds is 5. The van der Waals surface area contributed by atoms with Crippen LogP contribution in [0.15, 0.2) is 35.2 Å². The molecule has 0 unspecified atom stereocenters. The van der Waals surface area contributed by atoms with Crippen molar-refractivity contribution in [3.05, 3.63) is 35.9 Å². The summed E-state index contributed by atoms with van der Waals surface area (Å²) in [6, 6.07) is 6.82. The van der Waals surface area contributed by atoms with Gasteiger partial charge in [0.1, 0.15) is 6.29 Å². The lowest BCUT2D eigenvalue weighted by Crippen LogP contribution is -2.28. The first-order valence-electron chi connectivity index (χ1n) is 8.12. The van der Waals surface area contributed by atoms with Crippen molar-refractivity contribution >= 4 is 21.7 Å². The summed E-state index contributed by atoms with van der Waals surface area (Å²) in [5.74, 6) is 0.485. The molecule has 0 radical (unpaired) electrons. The maximum absolute atomic E-state index is 12.4. The molecule has 1 aromatic carbocycles. The van der Waals surface area contributed by atoms with Crippen molar-refractivity contribution in [2.75, 3.05) is 0 Å². The Morgan fingerprint density at radius 1 is 0.955 bits per heavy atom. The van der Waals surface area contributed by atoms with Crippen LogP contribution < -0.4 is 0 Å². The van der Waals surface area contributed by atoms with Gasteiger partial charge < -0.3 is 0 Å². The molecule has 3 rings (SSSR count). The minimum Gasteiger partial charge on any atom is -0.298 e. The van der Waals surface area contributed by atoms with E-state index in [0.29, 0.717) is 16.4 Å². The van der Waals surface area contributed by atoms with E-state index in [0.717, 1.165) is 44.0 Å². The van der Waals surface area contributed by atoms with Gasteiger partial charge in [-0.25, -0.2) is 8.42 Å². The van der Waals surface area contributed by atoms with Crippen LogP contribution in [0, 0.1) is 5.92 Å². The zero-order chi connectivity index (χ0) is 15.6. The van der Waals surface area contributed by atoms with E-state index in [1.807, 2.05) is 0 Å². The van der Waals surface area contributed by atoms with Crippen molar-refractivity contribution in [3.8, 4) is 0 Å². The van der Waals surface area contributed by atoms with E-state index in [1.165, 1.54) is 12.8 Å². The first kappa shape index (κ1) is 15.5. The molecule has 2 saturated carbocycles. The minimum absolute atomic E-state index is 0.210. The molecule has 0 saturated heterocycles. The Morgan fingerprint density at radius 3 is 2.09 bits per heavy atom. The molecule has 0 aliphatic heterocycles. The number of aldehydes is 1. The third kappa shape index (κ3) is 3.02. The molecular weight excluding hydrogens is 296 g/mol. The van der Waals surface area contributed by atoms with Crippen molar-refractivity contribution in [3.63, 3.8) is 0 Å². The highest BCUT2D eigenvalue weighted by atomic mass is 32.2. The number of carbonyl (C=O) groups excluding carboxylic acids is 1. The maximum atomic E-state index is 12.4. The van der Waals surface area contributed by atoms with Gasteiger partial charge in [-0.15, -0.1) is 0 Å². The monoisotopic (exact) mass is 318 g/mol. The summed E-state index contributed by atoms with van der Waals surface area (Å²) >= 11 is 0. The first-order valence-corrected chi connectivity index (χ1v) is 9.67. The van der Waals surface area contributed by atoms with E-state index in [2.05, 4.69) is 6.08 Å². The van der Waals surface area contributed by atoms with Crippen molar-refractivity contribution in [1.82, 2.24) is 0 Å². The summed E-state index contributed by atoms with van der Waals surface area (Å²) in [4.78, 5) is 11.7. The summed E-state index contributed by atoms with van der Waals surface area (Å²) in [5, 5.41) is -0.210. The molecule has 0 spiro atoms. The average molecular weight is 318 g/mol. The van der Waals surface area contributed by atoms with Gasteiger partial charge in [0.2, 0.25) is 0 Å². The van der Waals surface area contributed by atoms with Crippen LogP contribution in [0.25, 0.3) is 5.57 Å². The SMILES string of the molecule is O=C/C(=C/C1CCCC1)c1ccc(S(=O)(=O)C2CCC2)cc1. The molecule has 0 heterocycles. The average Bonchev–Trinajstić information content (AvgIpc) is 2.95. The van der Waals surface area contributed by atoms with Gasteiger partial charge in [0, 0.05) is 5.57 Å². The third-order valence-electron chi connectivity index (χ3n) is 4.95. The molecule has 2 aliphatic carbocycles. The minimum atomic E-state index is -3.18. The van der Waals surface area contributed by atoms with Crippen molar-refractivity contribution < 1.29 is 13.2 Å². The van der Waals surface area contributed by atoms with Gasteiger partial charge in [-0.2, -0.15) is 0 Å². The van der Waals surface area contributed by atoms with Crippen molar-refractivity contribution in [1.29, 1.82) is 0 Å². The maximum Gasteiger partial charge on any atom is 0.181 e. The second kappa shape index (κ2) is 6.37. The highest BCUT2D eigenvalue weighted by molar-refractivity contribution is 7.92. The Bertz CT molecular complexity index is 661. The zero-order valence-corrected chi connectivity index (χ0v) is 13.5. The molecule has 2 aliphatic rings. The standard InChI is InChI=1S/C18H22O3S/c19-13-16(12-14-4-1-2-5-14)15-8-10-18(11-9-15)22(20,21)17-6-3-7-17/h8-14,17H,1-7H2/b16-12-. The van der Waals surface area contributed by atoms with Gasteiger partial charge in [-0.3, -0.25) is 4.79 Å². The van der Waals surface area contributed by atoms with E-state index in [-0.39, 0.29) is 5.25 Å². The fraction of sp³-hybridized carbons (Fsp3) is 0.500. The molecule has 2 fully saturated rings. The predicted octanol–water partition coefficient (Wildman–Crippen LogP) is 3.79. The molecule has 0 N–H and O–H groups in total. The third-order valence-corrected chi connectivity index (χ3v) is 7.23. The van der Waals surface area contributed by atoms with Crippen LogP contribution >= 0.6 is 0 Å². The number of benzene rings is 1. The summed E-state index contributed by atoms with van der Waals surface area (Å²) < 4.78 is 24.7. The van der Waals surface area contributed by atoms with Gasteiger partial charge in [0.05, 0.1) is 10.1 Å². The number of sulfone groups is 1. The number of hydrogen-bond acceptors (Lipinski definition) is 3. The fourth-order valence-electron chi connectivity index (χ4n) is 3.29. The first-order chi connectivity index (χ1) is 10.6. The molecule has 0 atom stereocenters. The Labute approximate surface area is 132 Å². The van der Waals surface area contributed by atoms with Crippen LogP contribution in [0.4, 0.5) is 0 Å². The number of carbonyl (C=O) groups is 1. The van der Waals surface area contributed by atoms with Gasteiger partial charge in [-0.05, 0) is 49.3 Å². The van der Waals surface area contributed by atoms with Gasteiger partial charge in [0.25, 0.3) is 0 Å². The smallest absolute Gasteiger partial charge is 0.181 e. The van der Waals surface area contributed by atoms with Crippen molar-refractivity contribution in [2.24, 2.45) is 5.92 Å². The van der Waals surface area contributed by atoms with Crippen LogP contribution in [0.2, 0.25) is 0 Å². The molecule has 3 nitrogen and oxygen atoms in total. The number of hydrogen-bond donors (Lipinski definition) is 0. The van der Waals surface area contributed by atoms with E-state index < -0.39 is 9.84 Å². The van der Waals surface area contributed by atoms with Crippen LogP contribution in [-0.2, 0) is 14.6 Å². The Morgan fingerprint density at radius 2 is 1.59 bits per heavy atom. The second-order valence-electron chi connectivity index (χ2n) is 6.41. The van der Waals surface area contributed by atoms with Crippen molar-refractivity contribution in [2.45, 2.75) is 55.1 Å². The lowest BCUT2D eigenvalue weighted by atomic mass is 10.00. The van der Waals surface area contributed by atoms with Gasteiger partial charge in [-0.1, -0.05) is 37.5 Å². The molecule has 0 amide bonds. The van der Waals surface area contributed by atoms with E-state index in [4.69, 9.17) is 0 Å². The quantitative estimate of drug-likeness (QED) is 0.613. The van der Waals surface area contributed by atoms with Crippen LogP contribution in [0.1, 0.15) is 50.5 Å². The summed E-state index contributed by atoms with van der Waals surface area (Å²) in [5.41, 5.74) is 1.49. The largest absolute Gasteiger partial charge is 0.298 e. The van der Waals surface area contributed by atoms with E-state index in [9.17, 15) is 13.2 Å². The molecule has 0 aromatic heterocycles. The lowest BCUT2D eigenvalue weighted by molar-refractivity contribution is -0.103. The summed E-state index contributed by atoms with van der Waals surface area (Å²) in [7, 11) is -3.18. The molecule has 0 bridgehead atoms. The fourth-order valence-corrected chi connectivity index (χ4v) is 5.15. The Balaban J connectivity index is 1.82. The van der Waals surface area contributed by atoms with Gasteiger partial charge in [0.15, 0.2) is 9.84 Å². The Hall–Kier alpha value is -1.42. The highest BCUT2D eigenvalue weighted by Crippen LogP contribution is 2.32. The highest BCUT2D eigenvalue weighted by Gasteiger charge is 2.32. The summed E-state index contributed by atoms with van der Waals surface area (Å²) in [6.45, 7) is 0. The van der Waals surface area contributed by atoms with Crippen LogP contribution in [-0.4, -0.2) is 20.0 Å². The lowest BCUT2D eigenvalue weighted by Gasteiger charge is -2.25. The molecule has 4 heteroatoms. The molecule has 22 heavy (non-hydrogen) atoms. The molecule has 118 valence electrons. The molecular formula is C18H22O3S. The van der Waals surface area contributed by atoms with E-state index >= 15 is 0 Å². The zero-order valence-electron chi connectivity index (χ0n) is 12.7. The predicted molar refractivity (Wildman–Crippen MR) is 87.3 cm³/mol. The molecule has 1 aromatic rings. The summed E-state index contributed by atoms with van der Waals surface area (Å²) in [6.07, 6.45) is 10.2. The van der Waals surface area contributed by atoms with Crippen LogP contribution in [0.5, 0.6) is 0 Å². The second-order valence-corrected chi connectivity index (χ2v) is 8.63. The number of allylic oxidation sites excluding steroid dienone is 2. The Kier molecular flexibility index (Phi) is 4.48. The van der Waals surface area contributed by atoms with Gasteiger partial charge >= 0.3 is 0 Å². The normalized spacial score (nSPS) is 20.8. The topological polar surface area (TPSA) is 51.2 Å².